The summed E-state index contributed by atoms with van der Waals surface area (Å²) >= 11 is 0. The van der Waals surface area contributed by atoms with Crippen LogP contribution in [-0.2, 0) is 14.8 Å². The Morgan fingerprint density at radius 3 is 2.33 bits per heavy atom. The summed E-state index contributed by atoms with van der Waals surface area (Å²) in [5.74, 6) is 0.286. The van der Waals surface area contributed by atoms with Crippen LogP contribution in [0.25, 0.3) is 0 Å². The number of nitrogens with one attached hydrogen (secondary N) is 1. The maximum atomic E-state index is 13.5. The Hall–Kier alpha value is -2.58. The number of likely N-dealkylation sites (tertiary alicyclic amines) is 1. The molecule has 3 rings (SSSR count). The molecule has 2 aromatic carbocycles. The fourth-order valence-electron chi connectivity index (χ4n) is 3.93. The molecule has 0 saturated carbocycles. The molecular formula is C25H35N3O4S. The average molecular weight is 474 g/mol. The first-order valence-corrected chi connectivity index (χ1v) is 13.2. The number of piperidine rings is 1. The third-order valence-corrected chi connectivity index (χ3v) is 7.54. The van der Waals surface area contributed by atoms with Crippen molar-refractivity contribution in [2.24, 2.45) is 0 Å². The molecule has 0 aliphatic carbocycles. The zero-order chi connectivity index (χ0) is 23.7. The van der Waals surface area contributed by atoms with E-state index in [9.17, 15) is 13.2 Å². The van der Waals surface area contributed by atoms with E-state index in [1.807, 2.05) is 26.0 Å². The first kappa shape index (κ1) is 25.1. The van der Waals surface area contributed by atoms with Crippen molar-refractivity contribution in [3.63, 3.8) is 0 Å². The third kappa shape index (κ3) is 7.20. The maximum Gasteiger partial charge on any atom is 0.264 e. The van der Waals surface area contributed by atoms with Gasteiger partial charge in [-0.15, -0.1) is 0 Å². The second-order valence-electron chi connectivity index (χ2n) is 8.36. The van der Waals surface area contributed by atoms with E-state index in [0.717, 1.165) is 31.6 Å². The number of carbonyl (C=O) groups is 1. The highest BCUT2D eigenvalue weighted by Crippen LogP contribution is 2.25. The van der Waals surface area contributed by atoms with Gasteiger partial charge in [-0.05, 0) is 89.1 Å². The van der Waals surface area contributed by atoms with Gasteiger partial charge in [-0.25, -0.2) is 8.42 Å². The summed E-state index contributed by atoms with van der Waals surface area (Å²) in [6, 6.07) is 13.4. The molecule has 33 heavy (non-hydrogen) atoms. The van der Waals surface area contributed by atoms with Crippen molar-refractivity contribution in [3.05, 3.63) is 54.1 Å². The molecule has 7 nitrogen and oxygen atoms in total. The van der Waals surface area contributed by atoms with Crippen LogP contribution < -0.4 is 14.4 Å². The number of aryl methyl sites for hydroxylation is 1. The van der Waals surface area contributed by atoms with Crippen LogP contribution in [0.2, 0.25) is 0 Å². The Morgan fingerprint density at radius 1 is 1.03 bits per heavy atom. The van der Waals surface area contributed by atoms with E-state index in [1.54, 1.807) is 24.3 Å². The Labute approximate surface area is 197 Å². The summed E-state index contributed by atoms with van der Waals surface area (Å²) in [6.07, 6.45) is 4.62. The first-order chi connectivity index (χ1) is 15.9. The van der Waals surface area contributed by atoms with Crippen LogP contribution >= 0.6 is 0 Å². The molecule has 0 spiro atoms. The molecule has 180 valence electrons. The highest BCUT2D eigenvalue weighted by molar-refractivity contribution is 7.92. The molecule has 1 aliphatic rings. The lowest BCUT2D eigenvalue weighted by molar-refractivity contribution is -0.119. The molecule has 8 heteroatoms. The predicted octanol–water partition coefficient (Wildman–Crippen LogP) is 3.58. The van der Waals surface area contributed by atoms with Crippen LogP contribution in [0.15, 0.2) is 53.4 Å². The van der Waals surface area contributed by atoms with Crippen molar-refractivity contribution in [1.82, 2.24) is 10.2 Å². The number of hydrogen-bond donors (Lipinski definition) is 1. The molecule has 2 aromatic rings. The third-order valence-electron chi connectivity index (χ3n) is 5.75. The molecule has 1 aliphatic heterocycles. The van der Waals surface area contributed by atoms with E-state index in [2.05, 4.69) is 10.2 Å². The van der Waals surface area contributed by atoms with Gasteiger partial charge < -0.3 is 15.0 Å². The molecule has 0 unspecified atom stereocenters. The summed E-state index contributed by atoms with van der Waals surface area (Å²) in [5, 5.41) is 2.89. The van der Waals surface area contributed by atoms with Crippen molar-refractivity contribution in [2.75, 3.05) is 43.6 Å². The van der Waals surface area contributed by atoms with Gasteiger partial charge in [0.2, 0.25) is 5.91 Å². The second kappa shape index (κ2) is 12.0. The van der Waals surface area contributed by atoms with E-state index in [-0.39, 0.29) is 17.3 Å². The molecule has 0 bridgehead atoms. The lowest BCUT2D eigenvalue weighted by atomic mass is 10.1. The minimum atomic E-state index is -3.93. The zero-order valence-electron chi connectivity index (χ0n) is 19.6. The smallest absolute Gasteiger partial charge is 0.264 e. The standard InChI is InChI=1S/C25H35N3O4S/c1-3-32-23-12-14-24(15-13-23)33(30,31)28(22-10-8-21(2)9-11-22)20-25(29)26-16-7-19-27-17-5-4-6-18-27/h8-15H,3-7,16-20H2,1-2H3,(H,26,29). The molecule has 0 radical (unpaired) electrons. The Balaban J connectivity index is 1.68. The van der Waals surface area contributed by atoms with Crippen molar-refractivity contribution >= 4 is 21.6 Å². The van der Waals surface area contributed by atoms with Crippen molar-refractivity contribution in [1.29, 1.82) is 0 Å². The summed E-state index contributed by atoms with van der Waals surface area (Å²) in [5.41, 5.74) is 1.47. The van der Waals surface area contributed by atoms with Crippen molar-refractivity contribution in [2.45, 2.75) is 44.4 Å². The number of ether oxygens (including phenoxy) is 1. The van der Waals surface area contributed by atoms with Gasteiger partial charge in [0.15, 0.2) is 0 Å². The van der Waals surface area contributed by atoms with E-state index in [0.29, 0.717) is 24.6 Å². The van der Waals surface area contributed by atoms with Crippen LogP contribution in [0.1, 0.15) is 38.2 Å². The molecule has 1 amide bonds. The number of benzene rings is 2. The number of sulfonamides is 1. The van der Waals surface area contributed by atoms with Crippen molar-refractivity contribution < 1.29 is 17.9 Å². The first-order valence-electron chi connectivity index (χ1n) is 11.7. The van der Waals surface area contributed by atoms with E-state index >= 15 is 0 Å². The lowest BCUT2D eigenvalue weighted by Gasteiger charge is -2.26. The molecular weight excluding hydrogens is 438 g/mol. The van der Waals surface area contributed by atoms with Gasteiger partial charge in [0.25, 0.3) is 10.0 Å². The van der Waals surface area contributed by atoms with Gasteiger partial charge in [-0.3, -0.25) is 9.10 Å². The Morgan fingerprint density at radius 2 is 1.70 bits per heavy atom. The molecule has 1 N–H and O–H groups in total. The van der Waals surface area contributed by atoms with Crippen LogP contribution in [0, 0.1) is 6.92 Å². The normalized spacial score (nSPS) is 14.6. The Bertz CT molecular complexity index is 985. The van der Waals surface area contributed by atoms with Gasteiger partial charge in [0, 0.05) is 6.54 Å². The number of hydrogen-bond acceptors (Lipinski definition) is 5. The number of anilines is 1. The molecule has 0 aromatic heterocycles. The van der Waals surface area contributed by atoms with Gasteiger partial charge in [0.1, 0.15) is 12.3 Å². The number of amides is 1. The van der Waals surface area contributed by atoms with E-state index < -0.39 is 10.0 Å². The fraction of sp³-hybridized carbons (Fsp3) is 0.480. The minimum Gasteiger partial charge on any atom is -0.494 e. The Kier molecular flexibility index (Phi) is 9.14. The quantitative estimate of drug-likeness (QED) is 0.505. The zero-order valence-corrected chi connectivity index (χ0v) is 20.4. The van der Waals surface area contributed by atoms with Gasteiger partial charge in [-0.2, -0.15) is 0 Å². The maximum absolute atomic E-state index is 13.5. The van der Waals surface area contributed by atoms with Crippen LogP contribution in [-0.4, -0.2) is 58.6 Å². The van der Waals surface area contributed by atoms with E-state index in [1.165, 1.54) is 35.7 Å². The fourth-order valence-corrected chi connectivity index (χ4v) is 5.35. The van der Waals surface area contributed by atoms with Crippen LogP contribution in [0.3, 0.4) is 0 Å². The van der Waals surface area contributed by atoms with Crippen molar-refractivity contribution in [3.8, 4) is 5.75 Å². The minimum absolute atomic E-state index is 0.115. The summed E-state index contributed by atoms with van der Waals surface area (Å²) in [4.78, 5) is 15.2. The summed E-state index contributed by atoms with van der Waals surface area (Å²) < 4.78 is 33.5. The predicted molar refractivity (Wildman–Crippen MR) is 131 cm³/mol. The highest BCUT2D eigenvalue weighted by atomic mass is 32.2. The monoisotopic (exact) mass is 473 g/mol. The van der Waals surface area contributed by atoms with Crippen LogP contribution in [0.4, 0.5) is 5.69 Å². The highest BCUT2D eigenvalue weighted by Gasteiger charge is 2.27. The number of rotatable bonds is 11. The van der Waals surface area contributed by atoms with E-state index in [4.69, 9.17) is 4.74 Å². The van der Waals surface area contributed by atoms with Gasteiger partial charge >= 0.3 is 0 Å². The van der Waals surface area contributed by atoms with Crippen LogP contribution in [0.5, 0.6) is 5.75 Å². The molecule has 1 fully saturated rings. The lowest BCUT2D eigenvalue weighted by Crippen LogP contribution is -2.41. The number of nitrogens with zero attached hydrogens (tertiary/aromatic N) is 2. The summed E-state index contributed by atoms with van der Waals surface area (Å²) in [6.45, 7) is 7.75. The topological polar surface area (TPSA) is 79.0 Å². The number of carbonyl (C=O) groups excluding carboxylic acids is 1. The van der Waals surface area contributed by atoms with Gasteiger partial charge in [0.05, 0.1) is 17.2 Å². The molecule has 1 heterocycles. The second-order valence-corrected chi connectivity index (χ2v) is 10.2. The average Bonchev–Trinajstić information content (AvgIpc) is 2.82. The molecule has 0 atom stereocenters. The molecule has 1 saturated heterocycles. The SMILES string of the molecule is CCOc1ccc(S(=O)(=O)N(CC(=O)NCCCN2CCCCC2)c2ccc(C)cc2)cc1. The summed E-state index contributed by atoms with van der Waals surface area (Å²) in [7, 11) is -3.93. The van der Waals surface area contributed by atoms with Gasteiger partial charge in [-0.1, -0.05) is 24.1 Å². The largest absolute Gasteiger partial charge is 0.494 e.